The van der Waals surface area contributed by atoms with Crippen LogP contribution in [0.3, 0.4) is 0 Å². The molecule has 29 heavy (non-hydrogen) atoms. The molecule has 7 heteroatoms. The number of hydrogen-bond donors (Lipinski definition) is 0. The van der Waals surface area contributed by atoms with Gasteiger partial charge in [0.15, 0.2) is 11.7 Å². The lowest BCUT2D eigenvalue weighted by atomic mass is 10.1. The van der Waals surface area contributed by atoms with Gasteiger partial charge in [-0.25, -0.2) is 9.97 Å². The summed E-state index contributed by atoms with van der Waals surface area (Å²) in [6.45, 7) is 10.9. The lowest BCUT2D eigenvalue weighted by Crippen LogP contribution is -2.47. The van der Waals surface area contributed by atoms with E-state index in [-0.39, 0.29) is 5.92 Å². The van der Waals surface area contributed by atoms with Crippen molar-refractivity contribution in [2.24, 2.45) is 5.92 Å². The van der Waals surface area contributed by atoms with Crippen molar-refractivity contribution in [1.29, 1.82) is 5.26 Å². The van der Waals surface area contributed by atoms with E-state index in [0.29, 0.717) is 23.6 Å². The number of carbonyl (C=O) groups excluding carboxylic acids is 1. The first-order chi connectivity index (χ1) is 14.1. The molecule has 2 aromatic rings. The van der Waals surface area contributed by atoms with Crippen molar-refractivity contribution in [2.45, 2.75) is 33.1 Å². The number of piperazine rings is 1. The summed E-state index contributed by atoms with van der Waals surface area (Å²) in [6.07, 6.45) is 0.910. The van der Waals surface area contributed by atoms with Gasteiger partial charge in [0.25, 0.3) is 0 Å². The van der Waals surface area contributed by atoms with Gasteiger partial charge >= 0.3 is 5.97 Å². The number of aromatic nitrogens is 2. The molecule has 1 aromatic heterocycles. The minimum Gasteiger partial charge on any atom is -0.464 e. The molecule has 0 spiro atoms. The molecule has 2 heterocycles. The fourth-order valence-corrected chi connectivity index (χ4v) is 3.36. The Balaban J connectivity index is 1.95. The Labute approximate surface area is 172 Å². The molecule has 0 amide bonds. The topological polar surface area (TPSA) is 82.3 Å². The van der Waals surface area contributed by atoms with Gasteiger partial charge in [-0.15, -0.1) is 0 Å². The molecule has 0 N–H and O–H groups in total. The third kappa shape index (κ3) is 4.83. The van der Waals surface area contributed by atoms with Crippen LogP contribution in [0.2, 0.25) is 0 Å². The van der Waals surface area contributed by atoms with Gasteiger partial charge in [0.1, 0.15) is 5.69 Å². The molecule has 7 nitrogen and oxygen atoms in total. The number of rotatable bonds is 7. The summed E-state index contributed by atoms with van der Waals surface area (Å²) in [4.78, 5) is 26.7. The maximum Gasteiger partial charge on any atom is 0.329 e. The zero-order chi connectivity index (χ0) is 20.8. The number of carbonyl (C=O) groups is 1. The fourth-order valence-electron chi connectivity index (χ4n) is 3.36. The molecular formula is C22H29N5O2. The zero-order valence-electron chi connectivity index (χ0n) is 17.5. The largest absolute Gasteiger partial charge is 0.464 e. The Kier molecular flexibility index (Phi) is 6.99. The Morgan fingerprint density at radius 1 is 1.17 bits per heavy atom. The highest BCUT2D eigenvalue weighted by atomic mass is 16.5. The number of esters is 1. The van der Waals surface area contributed by atoms with E-state index in [9.17, 15) is 10.1 Å². The summed E-state index contributed by atoms with van der Waals surface area (Å²) in [6, 6.07) is 9.66. The van der Waals surface area contributed by atoms with Crippen LogP contribution in [0.15, 0.2) is 24.3 Å². The molecule has 0 unspecified atom stereocenters. The van der Waals surface area contributed by atoms with Gasteiger partial charge in [0.05, 0.1) is 23.7 Å². The molecule has 3 rings (SSSR count). The molecule has 154 valence electrons. The molecule has 0 aliphatic carbocycles. The molecule has 0 saturated carbocycles. The van der Waals surface area contributed by atoms with Crippen LogP contribution in [0.25, 0.3) is 11.0 Å². The zero-order valence-corrected chi connectivity index (χ0v) is 17.5. The van der Waals surface area contributed by atoms with E-state index >= 15 is 0 Å². The minimum absolute atomic E-state index is 0.252. The lowest BCUT2D eigenvalue weighted by Gasteiger charge is -2.35. The van der Waals surface area contributed by atoms with Gasteiger partial charge in [-0.3, -0.25) is 4.79 Å². The summed E-state index contributed by atoms with van der Waals surface area (Å²) >= 11 is 0. The average molecular weight is 396 g/mol. The second-order valence-corrected chi connectivity index (χ2v) is 7.55. The first kappa shape index (κ1) is 21.0. The van der Waals surface area contributed by atoms with E-state index in [1.54, 1.807) is 0 Å². The maximum atomic E-state index is 12.7. The molecule has 0 bridgehead atoms. The van der Waals surface area contributed by atoms with Crippen molar-refractivity contribution in [1.82, 2.24) is 14.9 Å². The number of fused-ring (bicyclic) bond motifs is 1. The summed E-state index contributed by atoms with van der Waals surface area (Å²) in [5.41, 5.74) is 1.83. The van der Waals surface area contributed by atoms with Crippen LogP contribution >= 0.6 is 0 Å². The van der Waals surface area contributed by atoms with Crippen molar-refractivity contribution < 1.29 is 9.53 Å². The van der Waals surface area contributed by atoms with Crippen LogP contribution in [0.5, 0.6) is 0 Å². The first-order valence-electron chi connectivity index (χ1n) is 10.4. The monoisotopic (exact) mass is 395 g/mol. The van der Waals surface area contributed by atoms with Gasteiger partial charge < -0.3 is 14.5 Å². The normalized spacial score (nSPS) is 17.0. The second kappa shape index (κ2) is 9.66. The Bertz CT molecular complexity index is 886. The predicted octanol–water partition coefficient (Wildman–Crippen LogP) is 2.97. The van der Waals surface area contributed by atoms with Crippen molar-refractivity contribution in [3.05, 3.63) is 30.0 Å². The quantitative estimate of drug-likeness (QED) is 0.667. The van der Waals surface area contributed by atoms with Crippen LogP contribution in [0, 0.1) is 17.2 Å². The number of anilines is 1. The van der Waals surface area contributed by atoms with E-state index < -0.39 is 11.9 Å². The standard InChI is InChI=1S/C22H29N5O2/c1-4-16(3)15-29-22(28)17(14-23)20-21(27-12-10-26(5-2)11-13-27)25-19-9-7-6-8-18(19)24-20/h6-9,16-17H,4-5,10-13,15H2,1-3H3/t16-,17-/m0/s1. The molecule has 0 radical (unpaired) electrons. The first-order valence-corrected chi connectivity index (χ1v) is 10.4. The van der Waals surface area contributed by atoms with E-state index in [1.807, 2.05) is 38.1 Å². The van der Waals surface area contributed by atoms with Gasteiger partial charge in [-0.05, 0) is 24.6 Å². The highest BCUT2D eigenvalue weighted by Crippen LogP contribution is 2.28. The number of nitriles is 1. The molecule has 2 atom stereocenters. The smallest absolute Gasteiger partial charge is 0.329 e. The Morgan fingerprint density at radius 2 is 1.83 bits per heavy atom. The van der Waals surface area contributed by atoms with Crippen LogP contribution < -0.4 is 4.90 Å². The van der Waals surface area contributed by atoms with Crippen LogP contribution in [-0.2, 0) is 9.53 Å². The van der Waals surface area contributed by atoms with Gasteiger partial charge in [-0.1, -0.05) is 39.3 Å². The highest BCUT2D eigenvalue weighted by molar-refractivity contribution is 5.85. The third-order valence-electron chi connectivity index (χ3n) is 5.54. The lowest BCUT2D eigenvalue weighted by molar-refractivity contribution is -0.145. The van der Waals surface area contributed by atoms with E-state index in [2.05, 4.69) is 27.8 Å². The molecule has 1 aliphatic heterocycles. The molecule has 1 aromatic carbocycles. The van der Waals surface area contributed by atoms with Gasteiger partial charge in [0.2, 0.25) is 0 Å². The van der Waals surface area contributed by atoms with Crippen molar-refractivity contribution in [3.63, 3.8) is 0 Å². The van der Waals surface area contributed by atoms with Crippen LogP contribution in [0.4, 0.5) is 5.82 Å². The molecular weight excluding hydrogens is 366 g/mol. The predicted molar refractivity (Wildman–Crippen MR) is 113 cm³/mol. The van der Waals surface area contributed by atoms with Crippen molar-refractivity contribution >= 4 is 22.8 Å². The number of likely N-dealkylation sites (N-methyl/N-ethyl adjacent to an activating group) is 1. The van der Waals surface area contributed by atoms with E-state index in [0.717, 1.165) is 44.7 Å². The highest BCUT2D eigenvalue weighted by Gasteiger charge is 2.31. The van der Waals surface area contributed by atoms with Gasteiger partial charge in [0, 0.05) is 26.2 Å². The van der Waals surface area contributed by atoms with E-state index in [1.165, 1.54) is 0 Å². The van der Waals surface area contributed by atoms with Gasteiger partial charge in [-0.2, -0.15) is 5.26 Å². The average Bonchev–Trinajstić information content (AvgIpc) is 2.77. The Hall–Kier alpha value is -2.72. The number of hydrogen-bond acceptors (Lipinski definition) is 7. The summed E-state index contributed by atoms with van der Waals surface area (Å²) < 4.78 is 5.44. The minimum atomic E-state index is -1.09. The third-order valence-corrected chi connectivity index (χ3v) is 5.54. The fraction of sp³-hybridized carbons (Fsp3) is 0.545. The molecule has 1 saturated heterocycles. The number of para-hydroxylation sites is 2. The second-order valence-electron chi connectivity index (χ2n) is 7.55. The van der Waals surface area contributed by atoms with Crippen molar-refractivity contribution in [3.8, 4) is 6.07 Å². The molecule has 1 fully saturated rings. The summed E-state index contributed by atoms with van der Waals surface area (Å²) in [5.74, 6) is -0.768. The number of ether oxygens (including phenoxy) is 1. The summed E-state index contributed by atoms with van der Waals surface area (Å²) in [5, 5.41) is 9.80. The summed E-state index contributed by atoms with van der Waals surface area (Å²) in [7, 11) is 0. The van der Waals surface area contributed by atoms with Crippen LogP contribution in [-0.4, -0.2) is 60.2 Å². The SMILES string of the molecule is CC[C@H](C)COC(=O)[C@@H](C#N)c1nc2ccccc2nc1N1CCN(CC)CC1. The van der Waals surface area contributed by atoms with E-state index in [4.69, 9.17) is 9.72 Å². The maximum absolute atomic E-state index is 12.7. The number of nitrogens with zero attached hydrogens (tertiary/aromatic N) is 5. The van der Waals surface area contributed by atoms with Crippen molar-refractivity contribution in [2.75, 3.05) is 44.2 Å². The van der Waals surface area contributed by atoms with Crippen LogP contribution in [0.1, 0.15) is 38.8 Å². The molecule has 1 aliphatic rings. The number of benzene rings is 1. The Morgan fingerprint density at radius 3 is 2.41 bits per heavy atom.